The van der Waals surface area contributed by atoms with Crippen molar-refractivity contribution in [1.29, 1.82) is 0 Å². The molecule has 1 rings (SSSR count). The number of amides is 2. The zero-order valence-corrected chi connectivity index (χ0v) is 8.49. The van der Waals surface area contributed by atoms with Crippen LogP contribution in [0.25, 0.3) is 0 Å². The fourth-order valence-corrected chi connectivity index (χ4v) is 1.43. The first kappa shape index (κ1) is 12.8. The predicted molar refractivity (Wildman–Crippen MR) is 49.8 cm³/mol. The lowest BCUT2D eigenvalue weighted by Crippen LogP contribution is -2.54. The van der Waals surface area contributed by atoms with E-state index in [1.165, 1.54) is 0 Å². The van der Waals surface area contributed by atoms with Crippen molar-refractivity contribution in [2.24, 2.45) is 0 Å². The average molecular weight is 234 g/mol. The van der Waals surface area contributed by atoms with E-state index in [4.69, 9.17) is 0 Å². The smallest absolute Gasteiger partial charge is 0.247 e. The maximum atomic E-state index is 11.4. The van der Waals surface area contributed by atoms with Gasteiger partial charge in [0.15, 0.2) is 6.23 Å². The largest absolute Gasteiger partial charge is 0.388 e. The highest BCUT2D eigenvalue weighted by Crippen LogP contribution is 2.12. The van der Waals surface area contributed by atoms with Gasteiger partial charge in [-0.15, -0.1) is 0 Å². The second kappa shape index (κ2) is 4.74. The van der Waals surface area contributed by atoms with Gasteiger partial charge in [0.1, 0.15) is 24.4 Å². The van der Waals surface area contributed by atoms with Crippen LogP contribution in [0, 0.1) is 0 Å². The number of hydrogen-bond donors (Lipinski definition) is 6. The summed E-state index contributed by atoms with van der Waals surface area (Å²) in [6.45, 7) is 1.13. The van der Waals surface area contributed by atoms with Crippen LogP contribution < -0.4 is 10.6 Å². The van der Waals surface area contributed by atoms with Crippen LogP contribution in [0.5, 0.6) is 0 Å². The predicted octanol–water partition coefficient (Wildman–Crippen LogP) is -3.98. The maximum Gasteiger partial charge on any atom is 0.247 e. The second-order valence-electron chi connectivity index (χ2n) is 3.60. The van der Waals surface area contributed by atoms with Crippen molar-refractivity contribution in [3.63, 3.8) is 0 Å². The van der Waals surface area contributed by atoms with Gasteiger partial charge >= 0.3 is 0 Å². The summed E-state index contributed by atoms with van der Waals surface area (Å²) in [5, 5.41) is 41.5. The molecule has 5 atom stereocenters. The summed E-state index contributed by atoms with van der Waals surface area (Å²) in [4.78, 5) is 22.2. The van der Waals surface area contributed by atoms with Crippen LogP contribution in [0.1, 0.15) is 6.92 Å². The molecule has 1 fully saturated rings. The number of rotatable bonds is 1. The van der Waals surface area contributed by atoms with Crippen molar-refractivity contribution in [1.82, 2.24) is 10.6 Å². The van der Waals surface area contributed by atoms with Crippen LogP contribution in [-0.2, 0) is 9.59 Å². The lowest BCUT2D eigenvalue weighted by Gasteiger charge is -2.24. The number of aliphatic hydroxyl groups is 4. The van der Waals surface area contributed by atoms with E-state index in [1.807, 2.05) is 5.32 Å². The topological polar surface area (TPSA) is 139 Å². The van der Waals surface area contributed by atoms with Gasteiger partial charge in [0, 0.05) is 6.92 Å². The first-order chi connectivity index (χ1) is 7.34. The molecule has 92 valence electrons. The summed E-state index contributed by atoms with van der Waals surface area (Å²) in [6, 6.07) is -1.42. The van der Waals surface area contributed by atoms with Crippen molar-refractivity contribution < 1.29 is 30.0 Å². The fraction of sp³-hybridized carbons (Fsp3) is 0.750. The summed E-state index contributed by atoms with van der Waals surface area (Å²) in [7, 11) is 0. The zero-order chi connectivity index (χ0) is 12.5. The van der Waals surface area contributed by atoms with Crippen LogP contribution in [0.2, 0.25) is 0 Å². The molecule has 0 radical (unpaired) electrons. The summed E-state index contributed by atoms with van der Waals surface area (Å²) in [5.41, 5.74) is 0. The molecule has 16 heavy (non-hydrogen) atoms. The van der Waals surface area contributed by atoms with Gasteiger partial charge in [0.05, 0.1) is 0 Å². The molecule has 1 heterocycles. The number of nitrogens with one attached hydrogen (secondary N) is 2. The lowest BCUT2D eigenvalue weighted by atomic mass is 10.0. The Morgan fingerprint density at radius 2 is 1.75 bits per heavy atom. The van der Waals surface area contributed by atoms with Crippen molar-refractivity contribution in [2.75, 3.05) is 0 Å². The Labute approximate surface area is 90.9 Å². The Morgan fingerprint density at radius 3 is 2.25 bits per heavy atom. The van der Waals surface area contributed by atoms with E-state index >= 15 is 0 Å². The van der Waals surface area contributed by atoms with Crippen LogP contribution in [0.3, 0.4) is 0 Å². The van der Waals surface area contributed by atoms with E-state index in [1.54, 1.807) is 0 Å². The first-order valence-corrected chi connectivity index (χ1v) is 4.64. The van der Waals surface area contributed by atoms with Gasteiger partial charge in [-0.1, -0.05) is 0 Å². The number of carbonyl (C=O) groups excluding carboxylic acids is 2. The standard InChI is InChI=1S/C8H14N2O6/c1-2(11)9-3-4(12)5(13)6(14)8(16)10-7(3)15/h3-6,8,12-14,16H,1H3,(H,9,11)(H,10,15)/t3-,4-,5-,6+,8?/m1/s1. The lowest BCUT2D eigenvalue weighted by molar-refractivity contribution is -0.132. The van der Waals surface area contributed by atoms with E-state index in [0.717, 1.165) is 6.92 Å². The summed E-state index contributed by atoms with van der Waals surface area (Å²) >= 11 is 0. The van der Waals surface area contributed by atoms with Crippen molar-refractivity contribution in [3.05, 3.63) is 0 Å². The third-order valence-electron chi connectivity index (χ3n) is 2.30. The summed E-state index contributed by atoms with van der Waals surface area (Å²) < 4.78 is 0. The van der Waals surface area contributed by atoms with Crippen LogP contribution in [-0.4, -0.2) is 62.8 Å². The van der Waals surface area contributed by atoms with Gasteiger partial charge in [-0.2, -0.15) is 0 Å². The van der Waals surface area contributed by atoms with Crippen LogP contribution in [0.4, 0.5) is 0 Å². The molecule has 0 saturated carbocycles. The Morgan fingerprint density at radius 1 is 1.19 bits per heavy atom. The van der Waals surface area contributed by atoms with Crippen LogP contribution >= 0.6 is 0 Å². The Bertz CT molecular complexity index is 296. The minimum Gasteiger partial charge on any atom is -0.388 e. The van der Waals surface area contributed by atoms with Gasteiger partial charge in [0.2, 0.25) is 11.8 Å². The highest BCUT2D eigenvalue weighted by atomic mass is 16.4. The molecule has 1 saturated heterocycles. The molecular weight excluding hydrogens is 220 g/mol. The highest BCUT2D eigenvalue weighted by molar-refractivity contribution is 5.87. The molecule has 0 spiro atoms. The van der Waals surface area contributed by atoms with Crippen molar-refractivity contribution in [3.8, 4) is 0 Å². The molecule has 0 aromatic heterocycles. The average Bonchev–Trinajstić information content (AvgIpc) is 2.26. The molecule has 0 aliphatic carbocycles. The molecule has 0 aromatic carbocycles. The molecule has 6 N–H and O–H groups in total. The third-order valence-corrected chi connectivity index (χ3v) is 2.30. The van der Waals surface area contributed by atoms with Gasteiger partial charge in [-0.3, -0.25) is 9.59 Å². The van der Waals surface area contributed by atoms with Gasteiger partial charge in [0.25, 0.3) is 0 Å². The van der Waals surface area contributed by atoms with Crippen molar-refractivity contribution in [2.45, 2.75) is 37.5 Å². The third kappa shape index (κ3) is 2.47. The molecule has 2 amide bonds. The molecular formula is C8H14N2O6. The Balaban J connectivity index is 2.90. The van der Waals surface area contributed by atoms with Gasteiger partial charge in [-0.25, -0.2) is 0 Å². The monoisotopic (exact) mass is 234 g/mol. The van der Waals surface area contributed by atoms with E-state index in [2.05, 4.69) is 5.32 Å². The molecule has 8 heteroatoms. The molecule has 0 bridgehead atoms. The van der Waals surface area contributed by atoms with E-state index < -0.39 is 42.4 Å². The highest BCUT2D eigenvalue weighted by Gasteiger charge is 2.43. The molecule has 1 aliphatic heterocycles. The summed E-state index contributed by atoms with van der Waals surface area (Å²) in [6.07, 6.45) is -6.87. The van der Waals surface area contributed by atoms with Crippen molar-refractivity contribution >= 4 is 11.8 Å². The normalized spacial score (nSPS) is 39.8. The Kier molecular flexibility index (Phi) is 3.81. The zero-order valence-electron chi connectivity index (χ0n) is 8.49. The van der Waals surface area contributed by atoms with Gasteiger partial charge < -0.3 is 31.1 Å². The summed E-state index contributed by atoms with van der Waals surface area (Å²) in [5.74, 6) is -1.47. The quantitative estimate of drug-likeness (QED) is 0.273. The minimum absolute atomic E-state index is 0.586. The van der Waals surface area contributed by atoms with E-state index in [9.17, 15) is 30.0 Å². The number of aliphatic hydroxyl groups excluding tert-OH is 4. The molecule has 1 aliphatic rings. The number of hydrogen-bond acceptors (Lipinski definition) is 6. The van der Waals surface area contributed by atoms with Crippen LogP contribution in [0.15, 0.2) is 0 Å². The Hall–Kier alpha value is -1.22. The SMILES string of the molecule is CC(=O)N[C@H]1C(=O)NC(O)[C@@H](O)[C@H](O)[C@@H]1O. The fourth-order valence-electron chi connectivity index (χ4n) is 1.43. The maximum absolute atomic E-state index is 11.4. The van der Waals surface area contributed by atoms with E-state index in [-0.39, 0.29) is 0 Å². The molecule has 1 unspecified atom stereocenters. The number of carbonyl (C=O) groups is 2. The minimum atomic E-state index is -1.74. The van der Waals surface area contributed by atoms with Gasteiger partial charge in [-0.05, 0) is 0 Å². The molecule has 8 nitrogen and oxygen atoms in total. The molecule has 0 aromatic rings. The van der Waals surface area contributed by atoms with E-state index in [0.29, 0.717) is 0 Å². The first-order valence-electron chi connectivity index (χ1n) is 4.64. The second-order valence-corrected chi connectivity index (χ2v) is 3.60.